The Morgan fingerprint density at radius 3 is 2.83 bits per heavy atom. The van der Waals surface area contributed by atoms with E-state index >= 15 is 0 Å². The van der Waals surface area contributed by atoms with Gasteiger partial charge in [0.05, 0.1) is 12.1 Å². The highest BCUT2D eigenvalue weighted by Gasteiger charge is 2.11. The van der Waals surface area contributed by atoms with Crippen LogP contribution in [0, 0.1) is 6.92 Å². The van der Waals surface area contributed by atoms with Gasteiger partial charge in [0.2, 0.25) is 0 Å². The minimum absolute atomic E-state index is 0.234. The molecule has 0 saturated heterocycles. The second-order valence-electron chi connectivity index (χ2n) is 5.26. The summed E-state index contributed by atoms with van der Waals surface area (Å²) in [4.78, 5) is 17.2. The monoisotopic (exact) mass is 339 g/mol. The summed E-state index contributed by atoms with van der Waals surface area (Å²) in [5.41, 5.74) is 7.05. The minimum Gasteiger partial charge on any atom is -0.447 e. The standard InChI is InChI=1S/C18H17N3O2S/c1-12-9-15(17(19)20-10-12)18(22)21-11-14-7-8-16(24-14)23-13-5-3-2-4-6-13/h2-10H,11H2,1H3,(H2,19,20)(H,21,22). The number of amides is 1. The average molecular weight is 339 g/mol. The number of aryl methyl sites for hydroxylation is 1. The van der Waals surface area contributed by atoms with Crippen LogP contribution in [0.2, 0.25) is 0 Å². The van der Waals surface area contributed by atoms with Crippen LogP contribution in [0.3, 0.4) is 0 Å². The molecule has 0 bridgehead atoms. The zero-order valence-electron chi connectivity index (χ0n) is 13.2. The van der Waals surface area contributed by atoms with Gasteiger partial charge in [0.1, 0.15) is 11.6 Å². The molecule has 0 radical (unpaired) electrons. The molecule has 24 heavy (non-hydrogen) atoms. The van der Waals surface area contributed by atoms with Crippen LogP contribution in [-0.4, -0.2) is 10.9 Å². The molecule has 0 aliphatic carbocycles. The highest BCUT2D eigenvalue weighted by atomic mass is 32.1. The minimum atomic E-state index is -0.234. The Labute approximate surface area is 144 Å². The summed E-state index contributed by atoms with van der Waals surface area (Å²) in [5.74, 6) is 0.786. The molecule has 122 valence electrons. The number of nitrogen functional groups attached to an aromatic ring is 1. The van der Waals surface area contributed by atoms with Gasteiger partial charge in [0.25, 0.3) is 5.91 Å². The molecule has 1 amide bonds. The maximum atomic E-state index is 12.2. The number of hydrogen-bond acceptors (Lipinski definition) is 5. The van der Waals surface area contributed by atoms with Crippen molar-refractivity contribution >= 4 is 23.1 Å². The molecule has 0 aliphatic heterocycles. The molecule has 3 N–H and O–H groups in total. The van der Waals surface area contributed by atoms with E-state index in [1.54, 1.807) is 12.3 Å². The fourth-order valence-corrected chi connectivity index (χ4v) is 2.95. The number of carbonyl (C=O) groups is 1. The van der Waals surface area contributed by atoms with Crippen LogP contribution in [0.4, 0.5) is 5.82 Å². The zero-order valence-corrected chi connectivity index (χ0v) is 14.0. The molecule has 3 rings (SSSR count). The van der Waals surface area contributed by atoms with Crippen molar-refractivity contribution in [3.05, 3.63) is 70.7 Å². The lowest BCUT2D eigenvalue weighted by atomic mass is 10.2. The van der Waals surface area contributed by atoms with E-state index in [2.05, 4.69) is 10.3 Å². The number of thiophene rings is 1. The van der Waals surface area contributed by atoms with E-state index in [0.717, 1.165) is 21.3 Å². The molecule has 0 fully saturated rings. The quantitative estimate of drug-likeness (QED) is 0.742. The number of hydrogen-bond donors (Lipinski definition) is 2. The van der Waals surface area contributed by atoms with Gasteiger partial charge in [0, 0.05) is 11.1 Å². The summed E-state index contributed by atoms with van der Waals surface area (Å²) >= 11 is 1.49. The Morgan fingerprint density at radius 1 is 1.25 bits per heavy atom. The highest BCUT2D eigenvalue weighted by Crippen LogP contribution is 2.29. The molecule has 2 aromatic heterocycles. The number of ether oxygens (including phenoxy) is 1. The summed E-state index contributed by atoms with van der Waals surface area (Å²) in [6.45, 7) is 2.28. The Balaban J connectivity index is 1.61. The molecule has 0 aliphatic rings. The van der Waals surface area contributed by atoms with E-state index in [0.29, 0.717) is 12.1 Å². The second kappa shape index (κ2) is 7.14. The molecule has 3 aromatic rings. The molecule has 6 heteroatoms. The van der Waals surface area contributed by atoms with Gasteiger partial charge >= 0.3 is 0 Å². The first-order chi connectivity index (χ1) is 11.6. The number of carbonyl (C=O) groups excluding carboxylic acids is 1. The molecule has 0 atom stereocenters. The van der Waals surface area contributed by atoms with Gasteiger partial charge in [-0.15, -0.1) is 11.3 Å². The van der Waals surface area contributed by atoms with Crippen LogP contribution < -0.4 is 15.8 Å². The lowest BCUT2D eigenvalue weighted by molar-refractivity contribution is 0.0952. The van der Waals surface area contributed by atoms with Crippen molar-refractivity contribution in [2.24, 2.45) is 0 Å². The summed E-state index contributed by atoms with van der Waals surface area (Å²) in [7, 11) is 0. The number of anilines is 1. The number of para-hydroxylation sites is 1. The molecule has 0 spiro atoms. The summed E-state index contributed by atoms with van der Waals surface area (Å²) in [6.07, 6.45) is 1.64. The molecule has 0 unspecified atom stereocenters. The maximum absolute atomic E-state index is 12.2. The SMILES string of the molecule is Cc1cnc(N)c(C(=O)NCc2ccc(Oc3ccccc3)s2)c1. The molecule has 0 saturated carbocycles. The van der Waals surface area contributed by atoms with Gasteiger partial charge in [0.15, 0.2) is 5.06 Å². The number of rotatable bonds is 5. The first-order valence-electron chi connectivity index (χ1n) is 7.44. The lowest BCUT2D eigenvalue weighted by Gasteiger charge is -2.06. The first kappa shape index (κ1) is 16.0. The van der Waals surface area contributed by atoms with Gasteiger partial charge in [-0.1, -0.05) is 18.2 Å². The fraction of sp³-hybridized carbons (Fsp3) is 0.111. The number of nitrogens with two attached hydrogens (primary N) is 1. The molecule has 1 aromatic carbocycles. The van der Waals surface area contributed by atoms with Crippen molar-refractivity contribution in [3.8, 4) is 10.8 Å². The van der Waals surface area contributed by atoms with Crippen molar-refractivity contribution in [1.29, 1.82) is 0 Å². The first-order valence-corrected chi connectivity index (χ1v) is 8.25. The van der Waals surface area contributed by atoms with Gasteiger partial charge < -0.3 is 15.8 Å². The molecular weight excluding hydrogens is 322 g/mol. The summed E-state index contributed by atoms with van der Waals surface area (Å²) in [5, 5.41) is 3.64. The van der Waals surface area contributed by atoms with E-state index in [4.69, 9.17) is 10.5 Å². The van der Waals surface area contributed by atoms with Crippen molar-refractivity contribution in [2.75, 3.05) is 5.73 Å². The van der Waals surface area contributed by atoms with E-state index in [-0.39, 0.29) is 11.7 Å². The van der Waals surface area contributed by atoms with Gasteiger partial charge in [-0.05, 0) is 42.8 Å². The predicted octanol–water partition coefficient (Wildman–Crippen LogP) is 3.76. The van der Waals surface area contributed by atoms with Crippen LogP contribution in [0.1, 0.15) is 20.8 Å². The average Bonchev–Trinajstić information content (AvgIpc) is 3.03. The number of nitrogens with one attached hydrogen (secondary N) is 1. The fourth-order valence-electron chi connectivity index (χ4n) is 2.14. The van der Waals surface area contributed by atoms with E-state index in [9.17, 15) is 4.79 Å². The van der Waals surface area contributed by atoms with E-state index in [1.165, 1.54) is 11.3 Å². The van der Waals surface area contributed by atoms with Gasteiger partial charge in [-0.2, -0.15) is 0 Å². The molecule has 2 heterocycles. The number of benzene rings is 1. The Hall–Kier alpha value is -2.86. The lowest BCUT2D eigenvalue weighted by Crippen LogP contribution is -2.23. The van der Waals surface area contributed by atoms with Gasteiger partial charge in [-0.3, -0.25) is 4.79 Å². The third-order valence-electron chi connectivity index (χ3n) is 3.32. The van der Waals surface area contributed by atoms with Crippen LogP contribution in [0.15, 0.2) is 54.7 Å². The largest absolute Gasteiger partial charge is 0.447 e. The zero-order chi connectivity index (χ0) is 16.9. The van der Waals surface area contributed by atoms with E-state index < -0.39 is 0 Å². The van der Waals surface area contributed by atoms with Crippen LogP contribution in [0.25, 0.3) is 0 Å². The smallest absolute Gasteiger partial charge is 0.255 e. The second-order valence-corrected chi connectivity index (χ2v) is 6.39. The van der Waals surface area contributed by atoms with Gasteiger partial charge in [-0.25, -0.2) is 4.98 Å². The van der Waals surface area contributed by atoms with Crippen LogP contribution in [-0.2, 0) is 6.54 Å². The molecular formula is C18H17N3O2S. The van der Waals surface area contributed by atoms with Crippen molar-refractivity contribution < 1.29 is 9.53 Å². The normalized spacial score (nSPS) is 10.4. The summed E-state index contributed by atoms with van der Waals surface area (Å²) in [6, 6.07) is 15.1. The Kier molecular flexibility index (Phi) is 4.77. The van der Waals surface area contributed by atoms with Crippen LogP contribution >= 0.6 is 11.3 Å². The Morgan fingerprint density at radius 2 is 2.04 bits per heavy atom. The third kappa shape index (κ3) is 3.91. The number of pyridine rings is 1. The third-order valence-corrected chi connectivity index (χ3v) is 4.28. The molecule has 5 nitrogen and oxygen atoms in total. The topological polar surface area (TPSA) is 77.2 Å². The van der Waals surface area contributed by atoms with E-state index in [1.807, 2.05) is 49.4 Å². The van der Waals surface area contributed by atoms with Crippen molar-refractivity contribution in [2.45, 2.75) is 13.5 Å². The van der Waals surface area contributed by atoms with Crippen molar-refractivity contribution in [1.82, 2.24) is 10.3 Å². The van der Waals surface area contributed by atoms with Crippen molar-refractivity contribution in [3.63, 3.8) is 0 Å². The highest BCUT2D eigenvalue weighted by molar-refractivity contribution is 7.13. The number of nitrogens with zero attached hydrogens (tertiary/aromatic N) is 1. The summed E-state index contributed by atoms with van der Waals surface area (Å²) < 4.78 is 5.76. The maximum Gasteiger partial charge on any atom is 0.255 e. The number of aromatic nitrogens is 1. The predicted molar refractivity (Wildman–Crippen MR) is 95.4 cm³/mol. The van der Waals surface area contributed by atoms with Crippen LogP contribution in [0.5, 0.6) is 10.8 Å². The Bertz CT molecular complexity index is 846.